The third kappa shape index (κ3) is 3.60. The van der Waals surface area contributed by atoms with Crippen LogP contribution in [0.15, 0.2) is 11.6 Å². The van der Waals surface area contributed by atoms with E-state index in [0.717, 1.165) is 35.1 Å². The molecule has 0 aliphatic carbocycles. The Labute approximate surface area is 116 Å². The van der Waals surface area contributed by atoms with Crippen molar-refractivity contribution in [2.45, 2.75) is 39.7 Å². The van der Waals surface area contributed by atoms with Gasteiger partial charge in [0.15, 0.2) is 0 Å². The highest BCUT2D eigenvalue weighted by atomic mass is 32.1. The molecule has 0 radical (unpaired) electrons. The van der Waals surface area contributed by atoms with Crippen molar-refractivity contribution in [2.75, 3.05) is 6.54 Å². The molecule has 0 amide bonds. The maximum absolute atomic E-state index is 4.50. The molecule has 0 fully saturated rings. The number of rotatable bonds is 6. The fourth-order valence-corrected chi connectivity index (χ4v) is 3.50. The zero-order chi connectivity index (χ0) is 13.0. The molecule has 2 heterocycles. The minimum Gasteiger partial charge on any atom is -0.309 e. The van der Waals surface area contributed by atoms with Crippen molar-refractivity contribution >= 4 is 22.7 Å². The van der Waals surface area contributed by atoms with Gasteiger partial charge in [0.25, 0.3) is 0 Å². The van der Waals surface area contributed by atoms with E-state index < -0.39 is 0 Å². The van der Waals surface area contributed by atoms with Crippen molar-refractivity contribution in [2.24, 2.45) is 0 Å². The molecule has 2 rings (SSSR count). The molecular weight excluding hydrogens is 262 g/mol. The molecule has 0 saturated heterocycles. The summed E-state index contributed by atoms with van der Waals surface area (Å²) < 4.78 is 0. The molecule has 0 aliphatic heterocycles. The van der Waals surface area contributed by atoms with Gasteiger partial charge in [-0.15, -0.1) is 22.7 Å². The van der Waals surface area contributed by atoms with E-state index in [-0.39, 0.29) is 0 Å². The molecular formula is C13H19N3S2. The summed E-state index contributed by atoms with van der Waals surface area (Å²) in [4.78, 5) is 10.3. The van der Waals surface area contributed by atoms with E-state index in [1.54, 1.807) is 22.7 Å². The van der Waals surface area contributed by atoms with Crippen molar-refractivity contribution in [3.05, 3.63) is 32.2 Å². The fourth-order valence-electron chi connectivity index (χ4n) is 1.68. The van der Waals surface area contributed by atoms with Gasteiger partial charge in [-0.25, -0.2) is 9.97 Å². The maximum Gasteiger partial charge on any atom is 0.0996 e. The minimum atomic E-state index is 0.397. The van der Waals surface area contributed by atoms with Crippen LogP contribution in [0.2, 0.25) is 0 Å². The van der Waals surface area contributed by atoms with Gasteiger partial charge in [-0.3, -0.25) is 0 Å². The van der Waals surface area contributed by atoms with E-state index in [2.05, 4.69) is 34.5 Å². The van der Waals surface area contributed by atoms with Gasteiger partial charge in [0, 0.05) is 28.2 Å². The molecule has 98 valence electrons. The number of nitrogens with one attached hydrogen (secondary N) is 1. The molecule has 0 bridgehead atoms. The van der Waals surface area contributed by atoms with Gasteiger partial charge < -0.3 is 5.32 Å². The second-order valence-corrected chi connectivity index (χ2v) is 6.48. The van der Waals surface area contributed by atoms with Crippen LogP contribution in [0.5, 0.6) is 0 Å². The molecule has 1 N–H and O–H groups in total. The summed E-state index contributed by atoms with van der Waals surface area (Å²) in [5.41, 5.74) is 1.10. The highest BCUT2D eigenvalue weighted by molar-refractivity contribution is 7.12. The lowest BCUT2D eigenvalue weighted by Gasteiger charge is -2.09. The highest BCUT2D eigenvalue weighted by Crippen LogP contribution is 2.23. The van der Waals surface area contributed by atoms with E-state index in [1.807, 2.05) is 13.1 Å². The molecule has 2 aromatic heterocycles. The van der Waals surface area contributed by atoms with E-state index in [9.17, 15) is 0 Å². The van der Waals surface area contributed by atoms with Gasteiger partial charge in [-0.1, -0.05) is 6.92 Å². The third-order valence-corrected chi connectivity index (χ3v) is 4.81. The van der Waals surface area contributed by atoms with Crippen LogP contribution >= 0.6 is 22.7 Å². The van der Waals surface area contributed by atoms with Crippen LogP contribution in [-0.2, 0) is 6.42 Å². The van der Waals surface area contributed by atoms with E-state index in [0.29, 0.717) is 6.04 Å². The predicted octanol–water partition coefficient (Wildman–Crippen LogP) is 3.56. The Balaban J connectivity index is 1.97. The lowest BCUT2D eigenvalue weighted by atomic mass is 10.3. The number of aryl methyl sites for hydroxylation is 1. The third-order valence-electron chi connectivity index (χ3n) is 2.67. The van der Waals surface area contributed by atoms with Gasteiger partial charge in [-0.2, -0.15) is 0 Å². The Bertz CT molecular complexity index is 490. The summed E-state index contributed by atoms with van der Waals surface area (Å²) in [5, 5.41) is 7.89. The first-order chi connectivity index (χ1) is 8.69. The van der Waals surface area contributed by atoms with Crippen LogP contribution in [0.1, 0.15) is 46.9 Å². The molecule has 1 atom stereocenters. The molecule has 18 heavy (non-hydrogen) atoms. The van der Waals surface area contributed by atoms with Crippen molar-refractivity contribution in [3.63, 3.8) is 0 Å². The average Bonchev–Trinajstić information content (AvgIpc) is 2.96. The van der Waals surface area contributed by atoms with Gasteiger partial charge in [0.1, 0.15) is 0 Å². The van der Waals surface area contributed by atoms with Gasteiger partial charge in [-0.05, 0) is 26.8 Å². The van der Waals surface area contributed by atoms with E-state index >= 15 is 0 Å². The molecule has 0 aliphatic rings. The number of hydrogen-bond acceptors (Lipinski definition) is 5. The zero-order valence-corrected chi connectivity index (χ0v) is 12.7. The van der Waals surface area contributed by atoms with Crippen LogP contribution in [-0.4, -0.2) is 16.5 Å². The maximum atomic E-state index is 4.50. The normalized spacial score (nSPS) is 12.8. The summed E-state index contributed by atoms with van der Waals surface area (Å²) in [6.07, 6.45) is 4.02. The Morgan fingerprint density at radius 3 is 2.89 bits per heavy atom. The second-order valence-electron chi connectivity index (χ2n) is 4.39. The molecule has 3 nitrogen and oxygen atoms in total. The summed E-state index contributed by atoms with van der Waals surface area (Å²) in [5.74, 6) is 0. The number of thiazole rings is 2. The Kier molecular flexibility index (Phi) is 4.86. The first-order valence-electron chi connectivity index (χ1n) is 6.28. The minimum absolute atomic E-state index is 0.397. The van der Waals surface area contributed by atoms with Crippen LogP contribution < -0.4 is 5.32 Å². The molecule has 1 unspecified atom stereocenters. The van der Waals surface area contributed by atoms with E-state index in [1.165, 1.54) is 4.88 Å². The topological polar surface area (TPSA) is 37.8 Å². The highest BCUT2D eigenvalue weighted by Gasteiger charge is 2.10. The average molecular weight is 281 g/mol. The summed E-state index contributed by atoms with van der Waals surface area (Å²) >= 11 is 3.50. The molecule has 0 spiro atoms. The smallest absolute Gasteiger partial charge is 0.0996 e. The number of nitrogens with zero attached hydrogens (tertiary/aromatic N) is 2. The van der Waals surface area contributed by atoms with Gasteiger partial charge in [0.05, 0.1) is 16.4 Å². The van der Waals surface area contributed by atoms with Crippen molar-refractivity contribution in [3.8, 4) is 0 Å². The number of aromatic nitrogens is 2. The van der Waals surface area contributed by atoms with Gasteiger partial charge in [0.2, 0.25) is 0 Å². The lowest BCUT2D eigenvalue weighted by Crippen LogP contribution is -2.18. The van der Waals surface area contributed by atoms with Crippen molar-refractivity contribution < 1.29 is 0 Å². The lowest BCUT2D eigenvalue weighted by molar-refractivity contribution is 0.577. The van der Waals surface area contributed by atoms with Gasteiger partial charge >= 0.3 is 0 Å². The summed E-state index contributed by atoms with van der Waals surface area (Å²) in [6.45, 7) is 7.47. The van der Waals surface area contributed by atoms with E-state index in [4.69, 9.17) is 0 Å². The molecule has 0 saturated carbocycles. The van der Waals surface area contributed by atoms with Crippen molar-refractivity contribution in [1.82, 2.24) is 15.3 Å². The Morgan fingerprint density at radius 2 is 2.22 bits per heavy atom. The first-order valence-corrected chi connectivity index (χ1v) is 7.97. The Hall–Kier alpha value is -0.780. The quantitative estimate of drug-likeness (QED) is 0.879. The largest absolute Gasteiger partial charge is 0.309 e. The van der Waals surface area contributed by atoms with Crippen LogP contribution in [0.4, 0.5) is 0 Å². The monoisotopic (exact) mass is 281 g/mol. The molecule has 0 aromatic carbocycles. The predicted molar refractivity (Wildman–Crippen MR) is 78.5 cm³/mol. The van der Waals surface area contributed by atoms with Crippen LogP contribution in [0.3, 0.4) is 0 Å². The zero-order valence-electron chi connectivity index (χ0n) is 11.1. The fraction of sp³-hybridized carbons (Fsp3) is 0.538. The molecule has 2 aromatic rings. The van der Waals surface area contributed by atoms with Crippen LogP contribution in [0.25, 0.3) is 0 Å². The standard InChI is InChI=1S/C13H19N3S2/c1-4-5-14-10(3)11-7-15-12(18-11)6-13-16-9(2)8-17-13/h7-8,10,14H,4-6H2,1-3H3. The SMILES string of the molecule is CCCNC(C)c1cnc(Cc2nc(C)cs2)s1. The summed E-state index contributed by atoms with van der Waals surface area (Å²) in [6, 6.07) is 0.397. The first kappa shape index (κ1) is 13.6. The molecule has 5 heteroatoms. The van der Waals surface area contributed by atoms with Crippen LogP contribution in [0, 0.1) is 6.92 Å². The van der Waals surface area contributed by atoms with Crippen molar-refractivity contribution in [1.29, 1.82) is 0 Å². The summed E-state index contributed by atoms with van der Waals surface area (Å²) in [7, 11) is 0. The Morgan fingerprint density at radius 1 is 1.39 bits per heavy atom. The number of hydrogen-bond donors (Lipinski definition) is 1. The second kappa shape index (κ2) is 6.41.